The molecule has 1 saturated heterocycles. The Morgan fingerprint density at radius 1 is 1.35 bits per heavy atom. The Morgan fingerprint density at radius 3 is 2.52 bits per heavy atom. The van der Waals surface area contributed by atoms with Crippen molar-refractivity contribution >= 4 is 27.6 Å². The third-order valence-corrected chi connectivity index (χ3v) is 5.76. The molecule has 0 aliphatic carbocycles. The number of esters is 1. The van der Waals surface area contributed by atoms with Crippen LogP contribution in [0.15, 0.2) is 23.1 Å². The summed E-state index contributed by atoms with van der Waals surface area (Å²) in [5.74, 6) is -0.579. The zero-order valence-electron chi connectivity index (χ0n) is 13.3. The first-order valence-electron chi connectivity index (χ1n) is 7.38. The van der Waals surface area contributed by atoms with Crippen LogP contribution >= 0.6 is 11.6 Å². The lowest BCUT2D eigenvalue weighted by molar-refractivity contribution is -0.0440. The van der Waals surface area contributed by atoms with E-state index in [-0.39, 0.29) is 47.4 Å². The lowest BCUT2D eigenvalue weighted by Crippen LogP contribution is -2.48. The predicted octanol–water partition coefficient (Wildman–Crippen LogP) is 2.31. The molecule has 1 fully saturated rings. The fraction of sp³-hybridized carbons (Fsp3) is 0.533. The Morgan fingerprint density at radius 2 is 1.96 bits per heavy atom. The number of benzene rings is 1. The molecule has 128 valence electrons. The molecule has 0 amide bonds. The van der Waals surface area contributed by atoms with Gasteiger partial charge >= 0.3 is 5.97 Å². The molecular formula is C15H20ClNO5S. The van der Waals surface area contributed by atoms with Gasteiger partial charge in [-0.3, -0.25) is 0 Å². The third kappa shape index (κ3) is 4.03. The first kappa shape index (κ1) is 18.2. The van der Waals surface area contributed by atoms with Crippen LogP contribution in [-0.4, -0.2) is 50.6 Å². The van der Waals surface area contributed by atoms with Gasteiger partial charge in [-0.2, -0.15) is 4.31 Å². The standard InChI is InChI=1S/C15H20ClNO5S/c1-4-21-15(18)12-5-6-13(16)14(7-12)23(19,20)17-8-10(2)22-11(3)9-17/h5-7,10-11H,4,8-9H2,1-3H3. The third-order valence-electron chi connectivity index (χ3n) is 3.45. The van der Waals surface area contributed by atoms with Crippen molar-refractivity contribution in [2.24, 2.45) is 0 Å². The molecule has 1 aliphatic heterocycles. The minimum absolute atomic E-state index is 0.0739. The van der Waals surface area contributed by atoms with Crippen LogP contribution in [0.25, 0.3) is 0 Å². The molecule has 1 aliphatic rings. The van der Waals surface area contributed by atoms with Gasteiger partial charge in [0.05, 0.1) is 29.4 Å². The van der Waals surface area contributed by atoms with Crippen molar-refractivity contribution in [2.75, 3.05) is 19.7 Å². The molecule has 23 heavy (non-hydrogen) atoms. The number of carbonyl (C=O) groups is 1. The van der Waals surface area contributed by atoms with Gasteiger partial charge in [-0.25, -0.2) is 13.2 Å². The highest BCUT2D eigenvalue weighted by Gasteiger charge is 2.33. The summed E-state index contributed by atoms with van der Waals surface area (Å²) in [5.41, 5.74) is 0.157. The number of nitrogens with zero attached hydrogens (tertiary/aromatic N) is 1. The molecule has 1 heterocycles. The van der Waals surface area contributed by atoms with Crippen LogP contribution in [0.3, 0.4) is 0 Å². The summed E-state index contributed by atoms with van der Waals surface area (Å²) >= 11 is 6.07. The van der Waals surface area contributed by atoms with Crippen LogP contribution in [-0.2, 0) is 19.5 Å². The molecule has 2 atom stereocenters. The Labute approximate surface area is 141 Å². The zero-order valence-corrected chi connectivity index (χ0v) is 14.9. The number of hydrogen-bond acceptors (Lipinski definition) is 5. The van der Waals surface area contributed by atoms with Crippen molar-refractivity contribution in [3.05, 3.63) is 28.8 Å². The normalized spacial score (nSPS) is 22.8. The van der Waals surface area contributed by atoms with Gasteiger partial charge in [-0.1, -0.05) is 11.6 Å². The molecule has 1 aromatic rings. The number of sulfonamides is 1. The quantitative estimate of drug-likeness (QED) is 0.769. The van der Waals surface area contributed by atoms with E-state index in [1.807, 2.05) is 13.8 Å². The van der Waals surface area contributed by atoms with Crippen molar-refractivity contribution in [1.29, 1.82) is 0 Å². The molecule has 6 nitrogen and oxygen atoms in total. The molecule has 2 rings (SSSR count). The van der Waals surface area contributed by atoms with E-state index in [1.165, 1.54) is 22.5 Å². The van der Waals surface area contributed by atoms with Crippen molar-refractivity contribution < 1.29 is 22.7 Å². The fourth-order valence-corrected chi connectivity index (χ4v) is 4.60. The van der Waals surface area contributed by atoms with Crippen molar-refractivity contribution in [3.8, 4) is 0 Å². The summed E-state index contributed by atoms with van der Waals surface area (Å²) in [5, 5.41) is 0.0739. The van der Waals surface area contributed by atoms with E-state index in [0.717, 1.165) is 0 Å². The van der Waals surface area contributed by atoms with Gasteiger partial charge in [0.1, 0.15) is 4.90 Å². The van der Waals surface area contributed by atoms with E-state index >= 15 is 0 Å². The number of morpholine rings is 1. The first-order valence-corrected chi connectivity index (χ1v) is 9.19. The number of ether oxygens (including phenoxy) is 2. The van der Waals surface area contributed by atoms with E-state index in [2.05, 4.69) is 0 Å². The van der Waals surface area contributed by atoms with Crippen LogP contribution in [0.5, 0.6) is 0 Å². The van der Waals surface area contributed by atoms with Crippen molar-refractivity contribution in [3.63, 3.8) is 0 Å². The van der Waals surface area contributed by atoms with Gasteiger partial charge in [-0.05, 0) is 39.0 Å². The van der Waals surface area contributed by atoms with E-state index in [1.54, 1.807) is 6.92 Å². The average Bonchev–Trinajstić information content (AvgIpc) is 2.46. The van der Waals surface area contributed by atoms with Crippen LogP contribution in [0.1, 0.15) is 31.1 Å². The Balaban J connectivity index is 2.39. The van der Waals surface area contributed by atoms with Crippen LogP contribution in [0.2, 0.25) is 5.02 Å². The van der Waals surface area contributed by atoms with Crippen LogP contribution in [0, 0.1) is 0 Å². The monoisotopic (exact) mass is 361 g/mol. The van der Waals surface area contributed by atoms with Gasteiger partial charge in [0.25, 0.3) is 0 Å². The minimum atomic E-state index is -3.82. The number of hydrogen-bond donors (Lipinski definition) is 0. The second-order valence-corrected chi connectivity index (χ2v) is 7.76. The molecule has 1 aromatic carbocycles. The van der Waals surface area contributed by atoms with E-state index < -0.39 is 16.0 Å². The van der Waals surface area contributed by atoms with Crippen LogP contribution in [0.4, 0.5) is 0 Å². The molecule has 0 spiro atoms. The van der Waals surface area contributed by atoms with Gasteiger partial charge in [0.15, 0.2) is 0 Å². The van der Waals surface area contributed by atoms with E-state index in [9.17, 15) is 13.2 Å². The Kier molecular flexibility index (Phi) is 5.67. The second-order valence-electron chi connectivity index (χ2n) is 5.45. The first-order chi connectivity index (χ1) is 10.8. The second kappa shape index (κ2) is 7.17. The SMILES string of the molecule is CCOC(=O)c1ccc(Cl)c(S(=O)(=O)N2CC(C)OC(C)C2)c1. The fourth-order valence-electron chi connectivity index (χ4n) is 2.51. The summed E-state index contributed by atoms with van der Waals surface area (Å²) in [6.45, 7) is 6.01. The molecule has 8 heteroatoms. The molecule has 0 saturated carbocycles. The maximum Gasteiger partial charge on any atom is 0.338 e. The Bertz CT molecular complexity index is 681. The topological polar surface area (TPSA) is 72.9 Å². The van der Waals surface area contributed by atoms with Crippen molar-refractivity contribution in [2.45, 2.75) is 37.9 Å². The van der Waals surface area contributed by atoms with Gasteiger partial charge in [0, 0.05) is 13.1 Å². The molecule has 0 radical (unpaired) electrons. The van der Waals surface area contributed by atoms with Crippen LogP contribution < -0.4 is 0 Å². The molecular weight excluding hydrogens is 342 g/mol. The predicted molar refractivity (Wildman–Crippen MR) is 86.2 cm³/mol. The number of carbonyl (C=O) groups excluding carboxylic acids is 1. The summed E-state index contributed by atoms with van der Waals surface area (Å²) in [6, 6.07) is 4.11. The Hall–Kier alpha value is -1.15. The maximum atomic E-state index is 12.9. The highest BCUT2D eigenvalue weighted by Crippen LogP contribution is 2.28. The largest absolute Gasteiger partial charge is 0.462 e. The van der Waals surface area contributed by atoms with Crippen molar-refractivity contribution in [1.82, 2.24) is 4.31 Å². The van der Waals surface area contributed by atoms with Gasteiger partial charge in [0.2, 0.25) is 10.0 Å². The number of halogens is 1. The average molecular weight is 362 g/mol. The lowest BCUT2D eigenvalue weighted by atomic mass is 10.2. The summed E-state index contributed by atoms with van der Waals surface area (Å²) in [6.07, 6.45) is -0.416. The lowest BCUT2D eigenvalue weighted by Gasteiger charge is -2.34. The molecule has 0 bridgehead atoms. The maximum absolute atomic E-state index is 12.9. The van der Waals surface area contributed by atoms with E-state index in [4.69, 9.17) is 21.1 Å². The van der Waals surface area contributed by atoms with Gasteiger partial charge in [-0.15, -0.1) is 0 Å². The van der Waals surface area contributed by atoms with E-state index in [0.29, 0.717) is 0 Å². The molecule has 0 N–H and O–H groups in total. The molecule has 0 aromatic heterocycles. The highest BCUT2D eigenvalue weighted by molar-refractivity contribution is 7.89. The zero-order chi connectivity index (χ0) is 17.2. The summed E-state index contributed by atoms with van der Waals surface area (Å²) in [4.78, 5) is 11.7. The number of rotatable bonds is 4. The highest BCUT2D eigenvalue weighted by atomic mass is 35.5. The summed E-state index contributed by atoms with van der Waals surface area (Å²) in [7, 11) is -3.82. The molecule has 2 unspecified atom stereocenters. The smallest absolute Gasteiger partial charge is 0.338 e. The minimum Gasteiger partial charge on any atom is -0.462 e. The summed E-state index contributed by atoms with van der Waals surface area (Å²) < 4.78 is 37.5. The van der Waals surface area contributed by atoms with Gasteiger partial charge < -0.3 is 9.47 Å².